The van der Waals surface area contributed by atoms with E-state index < -0.39 is 64.5 Å². The van der Waals surface area contributed by atoms with Crippen LogP contribution < -0.4 is 4.74 Å². The van der Waals surface area contributed by atoms with Crippen LogP contribution in [-0.4, -0.2) is 110 Å². The molecule has 16 nitrogen and oxygen atoms in total. The molecule has 55 heavy (non-hydrogen) atoms. The topological polar surface area (TPSA) is 198 Å². The van der Waals surface area contributed by atoms with Crippen LogP contribution in [-0.2, 0) is 38.1 Å². The summed E-state index contributed by atoms with van der Waals surface area (Å²) in [5.74, 6) is -4.29. The van der Waals surface area contributed by atoms with Gasteiger partial charge in [-0.1, -0.05) is 0 Å². The molecule has 0 N–H and O–H groups in total. The summed E-state index contributed by atoms with van der Waals surface area (Å²) in [7, 11) is 5.97. The lowest BCUT2D eigenvalue weighted by molar-refractivity contribution is -0.384. The molecule has 0 saturated carbocycles. The van der Waals surface area contributed by atoms with Gasteiger partial charge in [-0.05, 0) is 71.8 Å². The van der Waals surface area contributed by atoms with Crippen molar-refractivity contribution in [2.45, 2.75) is 24.2 Å². The lowest BCUT2D eigenvalue weighted by Gasteiger charge is -2.34. The average Bonchev–Trinajstić information content (AvgIpc) is 3.75. The van der Waals surface area contributed by atoms with Crippen LogP contribution in [0, 0.1) is 10.1 Å². The summed E-state index contributed by atoms with van der Waals surface area (Å²) >= 11 is 0. The van der Waals surface area contributed by atoms with Crippen molar-refractivity contribution >= 4 is 41.1 Å². The molecule has 0 fully saturated rings. The first-order valence-electron chi connectivity index (χ1n) is 16.5. The minimum absolute atomic E-state index is 0.0339. The number of esters is 4. The highest BCUT2D eigenvalue weighted by Gasteiger charge is 2.51. The highest BCUT2D eigenvalue weighted by molar-refractivity contribution is 6.14. The van der Waals surface area contributed by atoms with Gasteiger partial charge in [-0.15, -0.1) is 0 Å². The van der Waals surface area contributed by atoms with Gasteiger partial charge in [0, 0.05) is 35.7 Å². The van der Waals surface area contributed by atoms with Crippen molar-refractivity contribution < 1.29 is 57.4 Å². The number of carbonyl (C=O) groups excluding carboxylic acids is 6. The Labute approximate surface area is 313 Å². The van der Waals surface area contributed by atoms with E-state index in [1.807, 2.05) is 0 Å². The maximum Gasteiger partial charge on any atom is 0.336 e. The third-order valence-corrected chi connectivity index (χ3v) is 9.67. The van der Waals surface area contributed by atoms with Gasteiger partial charge in [0.05, 0.1) is 74.8 Å². The van der Waals surface area contributed by atoms with Crippen LogP contribution in [0.2, 0.25) is 0 Å². The Balaban J connectivity index is 1.43. The first kappa shape index (κ1) is 37.7. The van der Waals surface area contributed by atoms with Gasteiger partial charge in [0.1, 0.15) is 17.8 Å². The van der Waals surface area contributed by atoms with Gasteiger partial charge in [0.2, 0.25) is 0 Å². The standard InChI is InChI=1S/C39H33N3O13/c1-51-25-12-8-21(9-13-25)35(44)33-31(39(48)55-5)29(37(46)53-3)27-19-23(15-17-41(27)33)22-14-16-40-26(18-22)28(36(45)52-2)30(38(47)54-4)32(40)34(43)20-6-10-24(11-7-20)42(49)50/h6-19,26-27,32-33H,1-5H3. The first-order valence-corrected chi connectivity index (χ1v) is 16.5. The molecule has 282 valence electrons. The van der Waals surface area contributed by atoms with Crippen molar-refractivity contribution in [2.75, 3.05) is 35.5 Å². The van der Waals surface area contributed by atoms with E-state index in [2.05, 4.69) is 0 Å². The van der Waals surface area contributed by atoms with Crippen molar-refractivity contribution in [3.05, 3.63) is 140 Å². The number of non-ortho nitro benzene ring substituents is 1. The van der Waals surface area contributed by atoms with Gasteiger partial charge in [0.15, 0.2) is 11.6 Å². The van der Waals surface area contributed by atoms with E-state index in [-0.39, 0.29) is 39.1 Å². The minimum Gasteiger partial charge on any atom is -0.497 e. The van der Waals surface area contributed by atoms with Crippen LogP contribution in [0.4, 0.5) is 5.69 Å². The van der Waals surface area contributed by atoms with Crippen molar-refractivity contribution in [1.82, 2.24) is 9.80 Å². The Morgan fingerprint density at radius 2 is 0.927 bits per heavy atom. The smallest absolute Gasteiger partial charge is 0.336 e. The molecule has 2 aromatic carbocycles. The molecule has 0 aromatic heterocycles. The SMILES string of the molecule is COC(=O)C1=C(C(=O)OC)C(C(=O)c2ccc(OC)cc2)N2C=CC(C3=CC4C(C(=O)OC)=C(C(=O)OC)C(C(=O)c5ccc([N+](=O)[O-])cc5)N4C=C3)=CC12. The second-order valence-corrected chi connectivity index (χ2v) is 12.3. The number of carbonyl (C=O) groups is 6. The summed E-state index contributed by atoms with van der Waals surface area (Å²) in [5.41, 5.74) is 0.194. The summed E-state index contributed by atoms with van der Waals surface area (Å²) in [6, 6.07) is 6.35. The average molecular weight is 752 g/mol. The van der Waals surface area contributed by atoms with E-state index >= 15 is 0 Å². The van der Waals surface area contributed by atoms with E-state index in [0.29, 0.717) is 16.9 Å². The maximum atomic E-state index is 14.1. The van der Waals surface area contributed by atoms with Crippen LogP contribution >= 0.6 is 0 Å². The summed E-state index contributed by atoms with van der Waals surface area (Å²) in [6.45, 7) is 0. The second kappa shape index (κ2) is 15.1. The third-order valence-electron chi connectivity index (χ3n) is 9.67. The predicted molar refractivity (Wildman–Crippen MR) is 190 cm³/mol. The number of rotatable bonds is 11. The van der Waals surface area contributed by atoms with Gasteiger partial charge in [-0.25, -0.2) is 19.2 Å². The van der Waals surface area contributed by atoms with E-state index in [0.717, 1.165) is 40.6 Å². The molecule has 16 heteroatoms. The Kier molecular flexibility index (Phi) is 10.3. The number of hydrogen-bond donors (Lipinski definition) is 0. The van der Waals surface area contributed by atoms with Crippen LogP contribution in [0.1, 0.15) is 20.7 Å². The number of nitro groups is 1. The highest BCUT2D eigenvalue weighted by atomic mass is 16.6. The summed E-state index contributed by atoms with van der Waals surface area (Å²) in [4.78, 5) is 95.1. The molecule has 4 aliphatic rings. The molecule has 0 saturated heterocycles. The highest BCUT2D eigenvalue weighted by Crippen LogP contribution is 2.42. The fourth-order valence-corrected chi connectivity index (χ4v) is 7.09. The number of ether oxygens (including phenoxy) is 5. The van der Waals surface area contributed by atoms with Gasteiger partial charge in [-0.2, -0.15) is 0 Å². The number of nitro benzene ring substituents is 1. The lowest BCUT2D eigenvalue weighted by atomic mass is 9.92. The number of methoxy groups -OCH3 is 5. The number of Topliss-reactive ketones (excluding diaryl/α,β-unsaturated/α-hetero) is 2. The Morgan fingerprint density at radius 1 is 0.564 bits per heavy atom. The summed E-state index contributed by atoms with van der Waals surface area (Å²) in [5, 5.41) is 11.2. The molecule has 0 amide bonds. The summed E-state index contributed by atoms with van der Waals surface area (Å²) in [6.07, 6.45) is 9.57. The molecule has 0 aliphatic carbocycles. The van der Waals surface area contributed by atoms with E-state index in [9.17, 15) is 38.9 Å². The summed E-state index contributed by atoms with van der Waals surface area (Å²) < 4.78 is 25.4. The molecule has 0 radical (unpaired) electrons. The number of hydrogen-bond acceptors (Lipinski definition) is 15. The maximum absolute atomic E-state index is 14.1. The molecule has 4 atom stereocenters. The molecule has 4 unspecified atom stereocenters. The second-order valence-electron chi connectivity index (χ2n) is 12.3. The van der Waals surface area contributed by atoms with Crippen molar-refractivity contribution in [1.29, 1.82) is 0 Å². The van der Waals surface area contributed by atoms with E-state index in [1.165, 1.54) is 47.4 Å². The van der Waals surface area contributed by atoms with Crippen LogP contribution in [0.3, 0.4) is 0 Å². The zero-order valence-electron chi connectivity index (χ0n) is 30.0. The van der Waals surface area contributed by atoms with Crippen LogP contribution in [0.25, 0.3) is 0 Å². The fourth-order valence-electron chi connectivity index (χ4n) is 7.09. The van der Waals surface area contributed by atoms with Crippen molar-refractivity contribution in [3.8, 4) is 5.75 Å². The zero-order valence-corrected chi connectivity index (χ0v) is 30.0. The molecule has 4 aliphatic heterocycles. The quantitative estimate of drug-likeness (QED) is 0.107. The fraction of sp³-hybridized carbons (Fsp3) is 0.231. The molecule has 4 heterocycles. The predicted octanol–water partition coefficient (Wildman–Crippen LogP) is 2.97. The number of benzene rings is 2. The molecular formula is C39H33N3O13. The minimum atomic E-state index is -1.38. The van der Waals surface area contributed by atoms with Crippen LogP contribution in [0.5, 0.6) is 5.75 Å². The Hall–Kier alpha value is -7.10. The third kappa shape index (κ3) is 6.47. The van der Waals surface area contributed by atoms with Gasteiger partial charge >= 0.3 is 23.9 Å². The molecule has 2 aromatic rings. The first-order chi connectivity index (χ1) is 26.4. The van der Waals surface area contributed by atoms with Crippen molar-refractivity contribution in [2.24, 2.45) is 0 Å². The largest absolute Gasteiger partial charge is 0.497 e. The molecule has 0 spiro atoms. The monoisotopic (exact) mass is 751 g/mol. The number of allylic oxidation sites excluding steroid dienone is 4. The molecular weight excluding hydrogens is 718 g/mol. The van der Waals surface area contributed by atoms with E-state index in [1.54, 1.807) is 42.6 Å². The molecule has 6 rings (SSSR count). The number of ketones is 2. The lowest BCUT2D eigenvalue weighted by Crippen LogP contribution is -2.42. The normalized spacial score (nSPS) is 20.9. The van der Waals surface area contributed by atoms with Crippen molar-refractivity contribution in [3.63, 3.8) is 0 Å². The van der Waals surface area contributed by atoms with Crippen LogP contribution in [0.15, 0.2) is 119 Å². The van der Waals surface area contributed by atoms with Gasteiger partial charge in [-0.3, -0.25) is 19.7 Å². The Bertz CT molecular complexity index is 2210. The Morgan fingerprint density at radius 3 is 1.27 bits per heavy atom. The van der Waals surface area contributed by atoms with Gasteiger partial charge < -0.3 is 33.5 Å². The number of fused-ring (bicyclic) bond motifs is 2. The molecule has 0 bridgehead atoms. The number of nitrogens with zero attached hydrogens (tertiary/aromatic N) is 3. The zero-order chi connectivity index (χ0) is 39.7. The van der Waals surface area contributed by atoms with Gasteiger partial charge in [0.25, 0.3) is 5.69 Å². The van der Waals surface area contributed by atoms with E-state index in [4.69, 9.17) is 23.7 Å².